The van der Waals surface area contributed by atoms with Crippen molar-refractivity contribution >= 4 is 40.7 Å². The summed E-state index contributed by atoms with van der Waals surface area (Å²) in [6.07, 6.45) is 0.0746. The van der Waals surface area contributed by atoms with E-state index in [1.165, 1.54) is 17.0 Å². The van der Waals surface area contributed by atoms with Crippen LogP contribution >= 0.6 is 34.8 Å². The molecule has 3 aromatic carbocycles. The monoisotopic (exact) mass is 507 g/mol. The van der Waals surface area contributed by atoms with Crippen LogP contribution in [0.1, 0.15) is 40.4 Å². The highest BCUT2D eigenvalue weighted by Crippen LogP contribution is 2.35. The summed E-state index contributed by atoms with van der Waals surface area (Å²) >= 11 is 18.5. The first-order chi connectivity index (χ1) is 15.8. The number of aliphatic hydroxyl groups excluding tert-OH is 1. The fraction of sp³-hybridized carbons (Fsp3) is 0.240. The van der Waals surface area contributed by atoms with E-state index in [0.717, 1.165) is 6.07 Å². The Labute approximate surface area is 206 Å². The van der Waals surface area contributed by atoms with Crippen LogP contribution in [0, 0.1) is 5.82 Å². The van der Waals surface area contributed by atoms with Gasteiger partial charge in [0.1, 0.15) is 0 Å². The zero-order valence-corrected chi connectivity index (χ0v) is 19.7. The molecule has 1 aliphatic rings. The minimum Gasteiger partial charge on any atom is -0.478 e. The summed E-state index contributed by atoms with van der Waals surface area (Å²) in [6, 6.07) is 16.1. The number of nitrogens with zero attached hydrogens (tertiary/aromatic N) is 1. The maximum absolute atomic E-state index is 15.1. The van der Waals surface area contributed by atoms with Crippen molar-refractivity contribution in [2.24, 2.45) is 0 Å². The molecule has 1 amide bonds. The number of halogens is 4. The number of amides is 1. The van der Waals surface area contributed by atoms with Crippen LogP contribution in [0.25, 0.3) is 0 Å². The first kappa shape index (κ1) is 23.8. The lowest BCUT2D eigenvalue weighted by molar-refractivity contribution is 0.0473. The molecule has 4 rings (SSSR count). The Balaban J connectivity index is 1.63. The van der Waals surface area contributed by atoms with Gasteiger partial charge in [0, 0.05) is 39.3 Å². The number of β-amino-alcohol motifs (C(OH)–C–C–N with tert-alkyl or cyclic N) is 1. The van der Waals surface area contributed by atoms with E-state index in [9.17, 15) is 9.90 Å². The van der Waals surface area contributed by atoms with Gasteiger partial charge in [0.2, 0.25) is 0 Å². The second-order valence-electron chi connectivity index (χ2n) is 7.91. The highest BCUT2D eigenvalue weighted by atomic mass is 35.5. The molecule has 3 aromatic rings. The Morgan fingerprint density at radius 1 is 1.03 bits per heavy atom. The molecule has 2 atom stereocenters. The molecule has 2 unspecified atom stereocenters. The van der Waals surface area contributed by atoms with Crippen molar-refractivity contribution in [3.05, 3.63) is 98.2 Å². The maximum Gasteiger partial charge on any atom is 0.254 e. The number of rotatable bonds is 5. The fourth-order valence-corrected chi connectivity index (χ4v) is 4.47. The molecule has 0 aromatic heterocycles. The van der Waals surface area contributed by atoms with Crippen LogP contribution in [0.5, 0.6) is 5.75 Å². The number of benzene rings is 3. The Morgan fingerprint density at radius 2 is 1.76 bits per heavy atom. The minimum absolute atomic E-state index is 0.0313. The summed E-state index contributed by atoms with van der Waals surface area (Å²) in [4.78, 5) is 14.3. The second kappa shape index (κ2) is 10.3. The quantitative estimate of drug-likeness (QED) is 0.425. The van der Waals surface area contributed by atoms with Crippen molar-refractivity contribution in [3.8, 4) is 5.75 Å². The molecule has 1 heterocycles. The maximum atomic E-state index is 15.1. The van der Waals surface area contributed by atoms with E-state index in [1.807, 2.05) is 0 Å². The van der Waals surface area contributed by atoms with Crippen LogP contribution in [-0.4, -0.2) is 35.1 Å². The van der Waals surface area contributed by atoms with Crippen LogP contribution in [-0.2, 0) is 0 Å². The largest absolute Gasteiger partial charge is 0.478 e. The summed E-state index contributed by atoms with van der Waals surface area (Å²) in [7, 11) is 0. The Hall–Kier alpha value is -2.31. The Morgan fingerprint density at radius 3 is 2.42 bits per heavy atom. The first-order valence-corrected chi connectivity index (χ1v) is 11.6. The molecule has 172 valence electrons. The van der Waals surface area contributed by atoms with Gasteiger partial charge in [0.15, 0.2) is 17.7 Å². The normalized spacial score (nSPS) is 17.0. The molecular formula is C25H21Cl3FNO3. The van der Waals surface area contributed by atoms with Gasteiger partial charge in [-0.2, -0.15) is 0 Å². The van der Waals surface area contributed by atoms with E-state index >= 15 is 4.39 Å². The Bertz CT molecular complexity index is 1160. The van der Waals surface area contributed by atoms with Crippen molar-refractivity contribution in [2.45, 2.75) is 25.0 Å². The fourth-order valence-electron chi connectivity index (χ4n) is 3.84. The van der Waals surface area contributed by atoms with Crippen molar-refractivity contribution in [1.29, 1.82) is 0 Å². The summed E-state index contributed by atoms with van der Waals surface area (Å²) < 4.78 is 21.1. The summed E-state index contributed by atoms with van der Waals surface area (Å²) in [5.41, 5.74) is 1.51. The third kappa shape index (κ3) is 5.61. The molecule has 0 spiro atoms. The van der Waals surface area contributed by atoms with Gasteiger partial charge in [-0.1, -0.05) is 53.0 Å². The highest BCUT2D eigenvalue weighted by Gasteiger charge is 2.25. The lowest BCUT2D eigenvalue weighted by atomic mass is 10.0. The molecule has 1 aliphatic heterocycles. The number of carbonyl (C=O) groups is 1. The van der Waals surface area contributed by atoms with Crippen LogP contribution in [0.4, 0.5) is 4.39 Å². The lowest BCUT2D eigenvalue weighted by Gasteiger charge is -2.30. The number of hydrogen-bond donors (Lipinski definition) is 1. The third-order valence-corrected chi connectivity index (χ3v) is 6.34. The number of likely N-dealkylation sites (tertiary alicyclic amines) is 1. The van der Waals surface area contributed by atoms with E-state index in [1.54, 1.807) is 42.5 Å². The molecule has 33 heavy (non-hydrogen) atoms. The van der Waals surface area contributed by atoms with E-state index < -0.39 is 18.0 Å². The van der Waals surface area contributed by atoms with Gasteiger partial charge in [-0.15, -0.1) is 0 Å². The summed E-state index contributed by atoms with van der Waals surface area (Å²) in [6.45, 7) is 0.774. The summed E-state index contributed by atoms with van der Waals surface area (Å²) in [5.74, 6) is -1.03. The smallest absolute Gasteiger partial charge is 0.254 e. The predicted molar refractivity (Wildman–Crippen MR) is 128 cm³/mol. The van der Waals surface area contributed by atoms with E-state index in [2.05, 4.69) is 0 Å². The molecule has 1 N–H and O–H groups in total. The van der Waals surface area contributed by atoms with Gasteiger partial charge in [-0.05, 0) is 60.9 Å². The highest BCUT2D eigenvalue weighted by molar-refractivity contribution is 6.35. The van der Waals surface area contributed by atoms with Gasteiger partial charge in [-0.3, -0.25) is 4.79 Å². The lowest BCUT2D eigenvalue weighted by Crippen LogP contribution is -2.42. The topological polar surface area (TPSA) is 49.8 Å². The average Bonchev–Trinajstić information content (AvgIpc) is 2.79. The van der Waals surface area contributed by atoms with Gasteiger partial charge in [0.25, 0.3) is 5.91 Å². The van der Waals surface area contributed by atoms with E-state index in [-0.39, 0.29) is 23.8 Å². The molecule has 1 saturated heterocycles. The van der Waals surface area contributed by atoms with Gasteiger partial charge in [0.05, 0.1) is 6.10 Å². The average molecular weight is 509 g/mol. The van der Waals surface area contributed by atoms with Crippen molar-refractivity contribution in [2.75, 3.05) is 13.1 Å². The Kier molecular flexibility index (Phi) is 7.45. The van der Waals surface area contributed by atoms with Gasteiger partial charge < -0.3 is 14.7 Å². The zero-order valence-electron chi connectivity index (χ0n) is 17.5. The van der Waals surface area contributed by atoms with Crippen LogP contribution in [0.15, 0.2) is 60.7 Å². The summed E-state index contributed by atoms with van der Waals surface area (Å²) in [5, 5.41) is 11.2. The van der Waals surface area contributed by atoms with Crippen LogP contribution < -0.4 is 4.74 Å². The van der Waals surface area contributed by atoms with Crippen molar-refractivity contribution in [3.63, 3.8) is 0 Å². The van der Waals surface area contributed by atoms with Gasteiger partial charge in [-0.25, -0.2) is 4.39 Å². The minimum atomic E-state index is -0.736. The number of carbonyl (C=O) groups excluding carboxylic acids is 1. The number of aliphatic hydroxyl groups is 1. The van der Waals surface area contributed by atoms with Crippen molar-refractivity contribution in [1.82, 2.24) is 4.90 Å². The van der Waals surface area contributed by atoms with E-state index in [4.69, 9.17) is 39.5 Å². The molecule has 4 nitrogen and oxygen atoms in total. The molecular weight excluding hydrogens is 488 g/mol. The number of hydrogen-bond acceptors (Lipinski definition) is 3. The van der Waals surface area contributed by atoms with Gasteiger partial charge >= 0.3 is 0 Å². The number of piperidine rings is 1. The molecule has 0 aliphatic carbocycles. The van der Waals surface area contributed by atoms with Crippen molar-refractivity contribution < 1.29 is 19.0 Å². The molecule has 0 bridgehead atoms. The molecule has 8 heteroatoms. The molecule has 0 saturated carbocycles. The second-order valence-corrected chi connectivity index (χ2v) is 9.19. The van der Waals surface area contributed by atoms with Crippen LogP contribution in [0.3, 0.4) is 0 Å². The van der Waals surface area contributed by atoms with E-state index in [0.29, 0.717) is 45.6 Å². The zero-order chi connectivity index (χ0) is 23.5. The SMILES string of the molecule is O=C(c1ccc(OC(c2ccc(Cl)cc2)c2ccc(Cl)cc2Cl)c(F)c1)N1CCCC(O)C1. The third-order valence-electron chi connectivity index (χ3n) is 5.53. The molecule has 0 radical (unpaired) electrons. The first-order valence-electron chi connectivity index (χ1n) is 10.5. The number of ether oxygens (including phenoxy) is 1. The molecule has 1 fully saturated rings. The standard InChI is InChI=1S/C25H21Cl3FNO3/c26-17-6-3-15(4-7-17)24(20-9-8-18(27)13-21(20)28)33-23-10-5-16(12-22(23)29)25(32)30-11-1-2-19(31)14-30/h3-10,12-13,19,24,31H,1-2,11,14H2. The van der Waals surface area contributed by atoms with Crippen LogP contribution in [0.2, 0.25) is 15.1 Å². The predicted octanol–water partition coefficient (Wildman–Crippen LogP) is 6.55.